The zero-order chi connectivity index (χ0) is 24.4. The second-order valence-corrected chi connectivity index (χ2v) is 7.98. The van der Waals surface area contributed by atoms with E-state index < -0.39 is 23.4 Å². The lowest BCUT2D eigenvalue weighted by Crippen LogP contribution is -2.26. The van der Waals surface area contributed by atoms with E-state index in [1.807, 2.05) is 30.3 Å². The maximum absolute atomic E-state index is 13.5. The molecule has 7 nitrogen and oxygen atoms in total. The number of ether oxygens (including phenoxy) is 1. The minimum Gasteiger partial charge on any atom is -0.507 e. The van der Waals surface area contributed by atoms with Crippen molar-refractivity contribution in [3.8, 4) is 17.2 Å². The molecule has 1 aliphatic heterocycles. The van der Waals surface area contributed by atoms with Gasteiger partial charge in [-0.1, -0.05) is 49.0 Å². The number of aromatic hydroxyl groups is 2. The number of phenolic OH excluding ortho intramolecular Hbond substituents is 2. The minimum atomic E-state index is -1.12. The van der Waals surface area contributed by atoms with Crippen LogP contribution < -0.4 is 10.1 Å². The van der Waals surface area contributed by atoms with Crippen molar-refractivity contribution >= 4 is 17.5 Å². The molecule has 1 aliphatic rings. The summed E-state index contributed by atoms with van der Waals surface area (Å²) in [6, 6.07) is 15.5. The number of nitrogens with one attached hydrogen (secondary N) is 1. The Morgan fingerprint density at radius 3 is 2.53 bits per heavy atom. The minimum absolute atomic E-state index is 0.0678. The Bertz CT molecular complexity index is 1290. The highest BCUT2D eigenvalue weighted by molar-refractivity contribution is 6.03. The zero-order valence-electron chi connectivity index (χ0n) is 18.5. The number of hydrogen-bond donors (Lipinski definition) is 3. The number of fused-ring (bicyclic) bond motifs is 1. The molecule has 0 saturated carbocycles. The maximum Gasteiger partial charge on any atom is 0.283 e. The second-order valence-electron chi connectivity index (χ2n) is 7.98. The summed E-state index contributed by atoms with van der Waals surface area (Å²) >= 11 is 0. The van der Waals surface area contributed by atoms with Crippen molar-refractivity contribution in [3.63, 3.8) is 0 Å². The van der Waals surface area contributed by atoms with Crippen LogP contribution in [0.4, 0.5) is 10.1 Å². The van der Waals surface area contributed by atoms with E-state index in [0.29, 0.717) is 16.8 Å². The van der Waals surface area contributed by atoms with Crippen LogP contribution >= 0.6 is 0 Å². The van der Waals surface area contributed by atoms with E-state index in [0.717, 1.165) is 17.2 Å². The predicted molar refractivity (Wildman–Crippen MR) is 124 cm³/mol. The standard InChI is InChI=1S/C26H23FN2O5/c1-15-21(30)11-22(31)23(24(15)34-14-17-7-4-3-5-8-17)26(33)29-12-18-9-6-10-20(19(18)13-29)28-25(32)16(2)27/h3-11,30-31H,2,12-14H2,1H3,(H,28,32). The van der Waals surface area contributed by atoms with Gasteiger partial charge in [0.1, 0.15) is 29.4 Å². The third-order valence-electron chi connectivity index (χ3n) is 5.69. The van der Waals surface area contributed by atoms with E-state index in [2.05, 4.69) is 11.9 Å². The number of benzene rings is 3. The van der Waals surface area contributed by atoms with Crippen LogP contribution in [0.1, 0.15) is 32.6 Å². The van der Waals surface area contributed by atoms with E-state index in [4.69, 9.17) is 4.74 Å². The molecule has 0 fully saturated rings. The van der Waals surface area contributed by atoms with Gasteiger partial charge in [-0.05, 0) is 24.1 Å². The van der Waals surface area contributed by atoms with Gasteiger partial charge in [-0.2, -0.15) is 0 Å². The Kier molecular flexibility index (Phi) is 6.23. The van der Waals surface area contributed by atoms with Gasteiger partial charge in [0.15, 0.2) is 5.83 Å². The zero-order valence-corrected chi connectivity index (χ0v) is 18.5. The summed E-state index contributed by atoms with van der Waals surface area (Å²) in [5, 5.41) is 23.3. The molecular weight excluding hydrogens is 439 g/mol. The van der Waals surface area contributed by atoms with Crippen molar-refractivity contribution in [2.75, 3.05) is 5.32 Å². The van der Waals surface area contributed by atoms with Gasteiger partial charge >= 0.3 is 0 Å². The number of carbonyl (C=O) groups excluding carboxylic acids is 2. The number of rotatable bonds is 6. The van der Waals surface area contributed by atoms with Crippen molar-refractivity contribution in [3.05, 3.63) is 94.8 Å². The van der Waals surface area contributed by atoms with Crippen molar-refractivity contribution in [2.24, 2.45) is 0 Å². The number of hydrogen-bond acceptors (Lipinski definition) is 5. The molecule has 174 valence electrons. The molecule has 3 aromatic rings. The third kappa shape index (κ3) is 4.43. The summed E-state index contributed by atoms with van der Waals surface area (Å²) in [5.41, 5.74) is 2.92. The Morgan fingerprint density at radius 1 is 1.09 bits per heavy atom. The van der Waals surface area contributed by atoms with Crippen LogP contribution in [0.5, 0.6) is 17.2 Å². The summed E-state index contributed by atoms with van der Waals surface area (Å²) in [4.78, 5) is 26.8. The molecule has 1 heterocycles. The Labute approximate surface area is 195 Å². The number of anilines is 1. The molecule has 0 unspecified atom stereocenters. The number of amides is 2. The van der Waals surface area contributed by atoms with Crippen molar-refractivity contribution in [1.29, 1.82) is 0 Å². The summed E-state index contributed by atoms with van der Waals surface area (Å²) in [7, 11) is 0. The van der Waals surface area contributed by atoms with Crippen LogP contribution in [0.15, 0.2) is 67.0 Å². The van der Waals surface area contributed by atoms with Crippen LogP contribution in [0.3, 0.4) is 0 Å². The van der Waals surface area contributed by atoms with Gasteiger partial charge < -0.3 is 25.2 Å². The SMILES string of the molecule is C=C(F)C(=O)Nc1cccc2c1CN(C(=O)c1c(O)cc(O)c(C)c1OCc1ccccc1)C2. The Hall–Kier alpha value is -4.33. The highest BCUT2D eigenvalue weighted by Gasteiger charge is 2.31. The largest absolute Gasteiger partial charge is 0.507 e. The molecule has 0 saturated heterocycles. The molecule has 0 radical (unpaired) electrons. The Balaban J connectivity index is 1.63. The molecule has 3 N–H and O–H groups in total. The third-order valence-corrected chi connectivity index (χ3v) is 5.69. The first kappa shape index (κ1) is 22.8. The number of carbonyl (C=O) groups is 2. The summed E-state index contributed by atoms with van der Waals surface area (Å²) in [6.45, 7) is 5.07. The number of phenols is 2. The van der Waals surface area contributed by atoms with Crippen molar-refractivity contribution < 1.29 is 28.9 Å². The molecule has 2 amide bonds. The van der Waals surface area contributed by atoms with E-state index in [9.17, 15) is 24.2 Å². The van der Waals surface area contributed by atoms with Crippen LogP contribution in [0.2, 0.25) is 0 Å². The summed E-state index contributed by atoms with van der Waals surface area (Å²) in [6.07, 6.45) is 0. The smallest absolute Gasteiger partial charge is 0.283 e. The van der Waals surface area contributed by atoms with Gasteiger partial charge in [0.05, 0.1) is 0 Å². The Morgan fingerprint density at radius 2 is 1.82 bits per heavy atom. The van der Waals surface area contributed by atoms with Gasteiger partial charge in [0, 0.05) is 36.0 Å². The van der Waals surface area contributed by atoms with Gasteiger partial charge in [0.25, 0.3) is 11.8 Å². The van der Waals surface area contributed by atoms with E-state index >= 15 is 0 Å². The van der Waals surface area contributed by atoms with Crippen LogP contribution in [0.25, 0.3) is 0 Å². The maximum atomic E-state index is 13.5. The number of halogens is 1. The van der Waals surface area contributed by atoms with Crippen LogP contribution in [-0.2, 0) is 24.5 Å². The predicted octanol–water partition coefficient (Wildman–Crippen LogP) is 4.56. The second kappa shape index (κ2) is 9.27. The van der Waals surface area contributed by atoms with Crippen LogP contribution in [-0.4, -0.2) is 26.9 Å². The first-order valence-electron chi connectivity index (χ1n) is 10.5. The lowest BCUT2D eigenvalue weighted by molar-refractivity contribution is -0.114. The molecule has 0 bridgehead atoms. The van der Waals surface area contributed by atoms with E-state index in [-0.39, 0.29) is 36.8 Å². The molecule has 0 atom stereocenters. The lowest BCUT2D eigenvalue weighted by Gasteiger charge is -2.21. The highest BCUT2D eigenvalue weighted by atomic mass is 19.1. The van der Waals surface area contributed by atoms with Gasteiger partial charge in [-0.3, -0.25) is 9.59 Å². The molecule has 34 heavy (non-hydrogen) atoms. The monoisotopic (exact) mass is 462 g/mol. The first-order chi connectivity index (χ1) is 16.3. The molecule has 3 aromatic carbocycles. The summed E-state index contributed by atoms with van der Waals surface area (Å²) < 4.78 is 19.1. The summed E-state index contributed by atoms with van der Waals surface area (Å²) in [5.74, 6) is -3.10. The molecule has 0 spiro atoms. The molecule has 0 aromatic heterocycles. The van der Waals surface area contributed by atoms with E-state index in [1.165, 1.54) is 4.90 Å². The fraction of sp³-hybridized carbons (Fsp3) is 0.154. The molecule has 4 rings (SSSR count). The van der Waals surface area contributed by atoms with E-state index in [1.54, 1.807) is 25.1 Å². The quantitative estimate of drug-likeness (QED) is 0.467. The van der Waals surface area contributed by atoms with Crippen molar-refractivity contribution in [1.82, 2.24) is 4.90 Å². The lowest BCUT2D eigenvalue weighted by atomic mass is 10.1. The van der Waals surface area contributed by atoms with Gasteiger partial charge in [-0.25, -0.2) is 4.39 Å². The van der Waals surface area contributed by atoms with Crippen LogP contribution in [0, 0.1) is 6.92 Å². The highest BCUT2D eigenvalue weighted by Crippen LogP contribution is 2.40. The fourth-order valence-corrected chi connectivity index (χ4v) is 3.88. The normalized spacial score (nSPS) is 12.2. The first-order valence-corrected chi connectivity index (χ1v) is 10.5. The molecular formula is C26H23FN2O5. The topological polar surface area (TPSA) is 99.1 Å². The van der Waals surface area contributed by atoms with Gasteiger partial charge in [-0.15, -0.1) is 0 Å². The number of nitrogens with zero attached hydrogens (tertiary/aromatic N) is 1. The van der Waals surface area contributed by atoms with Gasteiger partial charge in [0.2, 0.25) is 0 Å². The fourth-order valence-electron chi connectivity index (χ4n) is 3.88. The average molecular weight is 462 g/mol. The van der Waals surface area contributed by atoms with Crippen molar-refractivity contribution in [2.45, 2.75) is 26.6 Å². The average Bonchev–Trinajstić information content (AvgIpc) is 3.26. The molecule has 8 heteroatoms. The molecule has 0 aliphatic carbocycles.